The first-order valence-corrected chi connectivity index (χ1v) is 6.84. The molecule has 0 saturated heterocycles. The lowest BCUT2D eigenvalue weighted by molar-refractivity contribution is 0.0998. The van der Waals surface area contributed by atoms with Crippen LogP contribution in [0.1, 0.15) is 16.2 Å². The molecule has 3 rings (SSSR count). The number of aryl methyl sites for hydroxylation is 2. The van der Waals surface area contributed by atoms with Gasteiger partial charge in [-0.3, -0.25) is 9.48 Å². The van der Waals surface area contributed by atoms with Gasteiger partial charge in [-0.05, 0) is 25.1 Å². The summed E-state index contributed by atoms with van der Waals surface area (Å²) in [4.78, 5) is 12.2. The molecule has 6 heteroatoms. The fourth-order valence-electron chi connectivity index (χ4n) is 2.04. The average molecular weight is 334 g/mol. The summed E-state index contributed by atoms with van der Waals surface area (Å²) in [6, 6.07) is 9.12. The van der Waals surface area contributed by atoms with Crippen molar-refractivity contribution in [3.05, 3.63) is 46.3 Å². The van der Waals surface area contributed by atoms with Crippen LogP contribution in [0.5, 0.6) is 0 Å². The minimum Gasteiger partial charge on any atom is -0.451 e. The van der Waals surface area contributed by atoms with E-state index in [1.807, 2.05) is 25.1 Å². The van der Waals surface area contributed by atoms with Gasteiger partial charge in [0.2, 0.25) is 0 Å². The number of anilines is 1. The molecule has 0 radical (unpaired) electrons. The molecule has 0 bridgehead atoms. The molecule has 0 aliphatic heterocycles. The van der Waals surface area contributed by atoms with Gasteiger partial charge in [0.1, 0.15) is 11.4 Å². The lowest BCUT2D eigenvalue weighted by Crippen LogP contribution is -2.13. The summed E-state index contributed by atoms with van der Waals surface area (Å²) in [5.74, 6) is 0.605. The number of carbonyl (C=O) groups is 1. The smallest absolute Gasteiger partial charge is 0.292 e. The van der Waals surface area contributed by atoms with E-state index in [1.54, 1.807) is 23.9 Å². The van der Waals surface area contributed by atoms with Crippen LogP contribution in [0.2, 0.25) is 0 Å². The molecule has 1 N–H and O–H groups in total. The van der Waals surface area contributed by atoms with Crippen LogP contribution in [0.4, 0.5) is 5.82 Å². The van der Waals surface area contributed by atoms with Crippen molar-refractivity contribution in [1.82, 2.24) is 9.78 Å². The minimum absolute atomic E-state index is 0.269. The van der Waals surface area contributed by atoms with E-state index in [-0.39, 0.29) is 11.7 Å². The third-order valence-electron chi connectivity index (χ3n) is 2.98. The first-order valence-electron chi connectivity index (χ1n) is 6.04. The number of carbonyl (C=O) groups excluding carboxylic acids is 1. The van der Waals surface area contributed by atoms with Crippen LogP contribution in [0, 0.1) is 6.92 Å². The molecule has 1 amide bonds. The van der Waals surface area contributed by atoms with E-state index >= 15 is 0 Å². The first-order chi connectivity index (χ1) is 9.54. The predicted molar refractivity (Wildman–Crippen MR) is 79.8 cm³/mol. The fraction of sp³-hybridized carbons (Fsp3) is 0.143. The van der Waals surface area contributed by atoms with E-state index in [0.717, 1.165) is 15.6 Å². The zero-order valence-electron chi connectivity index (χ0n) is 11.0. The Labute approximate surface area is 123 Å². The van der Waals surface area contributed by atoms with Gasteiger partial charge in [-0.2, -0.15) is 5.10 Å². The monoisotopic (exact) mass is 333 g/mol. The van der Waals surface area contributed by atoms with E-state index < -0.39 is 0 Å². The Hall–Kier alpha value is -2.08. The SMILES string of the molecule is Cc1cc(NC(=O)c2cc3c(Br)cccc3o2)n(C)n1. The van der Waals surface area contributed by atoms with Crippen molar-refractivity contribution in [3.63, 3.8) is 0 Å². The van der Waals surface area contributed by atoms with Gasteiger partial charge in [-0.15, -0.1) is 0 Å². The zero-order chi connectivity index (χ0) is 14.3. The minimum atomic E-state index is -0.295. The Bertz CT molecular complexity index is 804. The van der Waals surface area contributed by atoms with Crippen LogP contribution in [0.15, 0.2) is 39.2 Å². The molecule has 0 aliphatic rings. The first kappa shape index (κ1) is 12.9. The number of fused-ring (bicyclic) bond motifs is 1. The summed E-state index contributed by atoms with van der Waals surface area (Å²) >= 11 is 3.44. The highest BCUT2D eigenvalue weighted by Gasteiger charge is 2.15. The molecule has 3 aromatic rings. The number of hydrogen-bond acceptors (Lipinski definition) is 3. The lowest BCUT2D eigenvalue weighted by Gasteiger charge is -2.02. The van der Waals surface area contributed by atoms with Gasteiger partial charge in [-0.1, -0.05) is 22.0 Å². The van der Waals surface area contributed by atoms with Crippen LogP contribution in [-0.4, -0.2) is 15.7 Å². The summed E-state index contributed by atoms with van der Waals surface area (Å²) in [5, 5.41) is 7.83. The van der Waals surface area contributed by atoms with E-state index in [2.05, 4.69) is 26.3 Å². The molecule has 0 aliphatic carbocycles. The maximum atomic E-state index is 12.2. The largest absolute Gasteiger partial charge is 0.451 e. The molecule has 0 unspecified atom stereocenters. The predicted octanol–water partition coefficient (Wildman–Crippen LogP) is 3.49. The van der Waals surface area contributed by atoms with Gasteiger partial charge in [0.15, 0.2) is 5.76 Å². The van der Waals surface area contributed by atoms with Crippen LogP contribution < -0.4 is 5.32 Å². The van der Waals surface area contributed by atoms with E-state index in [4.69, 9.17) is 4.42 Å². The van der Waals surface area contributed by atoms with E-state index in [1.165, 1.54) is 0 Å². The van der Waals surface area contributed by atoms with Gasteiger partial charge >= 0.3 is 0 Å². The van der Waals surface area contributed by atoms with Crippen molar-refractivity contribution >= 4 is 38.6 Å². The number of furan rings is 1. The number of nitrogens with one attached hydrogen (secondary N) is 1. The summed E-state index contributed by atoms with van der Waals surface area (Å²) in [5.41, 5.74) is 1.51. The molecule has 2 aromatic heterocycles. The highest BCUT2D eigenvalue weighted by molar-refractivity contribution is 9.10. The van der Waals surface area contributed by atoms with Crippen molar-refractivity contribution < 1.29 is 9.21 Å². The molecule has 2 heterocycles. The standard InChI is InChI=1S/C14H12BrN3O2/c1-8-6-13(18(2)17-8)16-14(19)12-7-9-10(15)4-3-5-11(9)20-12/h3-7H,1-2H3,(H,16,19). The van der Waals surface area contributed by atoms with Gasteiger partial charge in [0, 0.05) is 23.0 Å². The third kappa shape index (κ3) is 2.22. The molecule has 102 valence electrons. The summed E-state index contributed by atoms with van der Waals surface area (Å²) in [6.07, 6.45) is 0. The molecule has 5 nitrogen and oxygen atoms in total. The number of hydrogen-bond donors (Lipinski definition) is 1. The van der Waals surface area contributed by atoms with Crippen LogP contribution in [0.3, 0.4) is 0 Å². The number of nitrogens with zero attached hydrogens (tertiary/aromatic N) is 2. The Kier molecular flexibility index (Phi) is 3.10. The van der Waals surface area contributed by atoms with Crippen molar-refractivity contribution in [2.24, 2.45) is 7.05 Å². The molecule has 1 aromatic carbocycles. The molecule has 0 atom stereocenters. The quantitative estimate of drug-likeness (QED) is 0.780. The Morgan fingerprint density at radius 1 is 1.40 bits per heavy atom. The normalized spacial score (nSPS) is 10.9. The molecule has 0 fully saturated rings. The van der Waals surface area contributed by atoms with E-state index in [9.17, 15) is 4.79 Å². The fourth-order valence-corrected chi connectivity index (χ4v) is 2.51. The topological polar surface area (TPSA) is 60.1 Å². The molecular weight excluding hydrogens is 322 g/mol. The van der Waals surface area contributed by atoms with Crippen LogP contribution in [-0.2, 0) is 7.05 Å². The zero-order valence-corrected chi connectivity index (χ0v) is 12.6. The Balaban J connectivity index is 1.93. The average Bonchev–Trinajstić information content (AvgIpc) is 2.94. The van der Waals surface area contributed by atoms with Gasteiger partial charge in [0.25, 0.3) is 5.91 Å². The Morgan fingerprint density at radius 3 is 2.85 bits per heavy atom. The maximum absolute atomic E-state index is 12.2. The van der Waals surface area contributed by atoms with Crippen molar-refractivity contribution in [3.8, 4) is 0 Å². The highest BCUT2D eigenvalue weighted by atomic mass is 79.9. The lowest BCUT2D eigenvalue weighted by atomic mass is 10.2. The summed E-state index contributed by atoms with van der Waals surface area (Å²) in [6.45, 7) is 1.87. The number of halogens is 1. The van der Waals surface area contributed by atoms with Crippen LogP contribution in [0.25, 0.3) is 11.0 Å². The maximum Gasteiger partial charge on any atom is 0.292 e. The highest BCUT2D eigenvalue weighted by Crippen LogP contribution is 2.27. The summed E-state index contributed by atoms with van der Waals surface area (Å²) in [7, 11) is 1.78. The molecule has 0 spiro atoms. The second-order valence-electron chi connectivity index (χ2n) is 4.51. The third-order valence-corrected chi connectivity index (χ3v) is 3.67. The second kappa shape index (κ2) is 4.79. The second-order valence-corrected chi connectivity index (χ2v) is 5.37. The number of benzene rings is 1. The van der Waals surface area contributed by atoms with Crippen molar-refractivity contribution in [1.29, 1.82) is 0 Å². The number of aromatic nitrogens is 2. The van der Waals surface area contributed by atoms with E-state index in [0.29, 0.717) is 11.4 Å². The summed E-state index contributed by atoms with van der Waals surface area (Å²) < 4.78 is 8.07. The molecular formula is C14H12BrN3O2. The van der Waals surface area contributed by atoms with Crippen LogP contribution >= 0.6 is 15.9 Å². The van der Waals surface area contributed by atoms with Gasteiger partial charge in [-0.25, -0.2) is 0 Å². The van der Waals surface area contributed by atoms with Gasteiger partial charge < -0.3 is 9.73 Å². The van der Waals surface area contributed by atoms with Crippen molar-refractivity contribution in [2.45, 2.75) is 6.92 Å². The molecule has 20 heavy (non-hydrogen) atoms. The Morgan fingerprint density at radius 2 is 2.20 bits per heavy atom. The van der Waals surface area contributed by atoms with Crippen molar-refractivity contribution in [2.75, 3.05) is 5.32 Å². The number of amides is 1. The number of rotatable bonds is 2. The molecule has 0 saturated carbocycles. The van der Waals surface area contributed by atoms with Gasteiger partial charge in [0.05, 0.1) is 5.69 Å².